The lowest BCUT2D eigenvalue weighted by atomic mass is 9.93. The van der Waals surface area contributed by atoms with Crippen molar-refractivity contribution in [3.8, 4) is 0 Å². The summed E-state index contributed by atoms with van der Waals surface area (Å²) in [6, 6.07) is 0.399. The van der Waals surface area contributed by atoms with Crippen LogP contribution in [-0.2, 0) is 0 Å². The Morgan fingerprint density at radius 1 is 1.33 bits per heavy atom. The van der Waals surface area contributed by atoms with Crippen LogP contribution in [0.15, 0.2) is 12.4 Å². The molecule has 0 amide bonds. The molecule has 0 unspecified atom stereocenters. The normalized spacial score (nSPS) is 17.1. The predicted octanol–water partition coefficient (Wildman–Crippen LogP) is 1.58. The Morgan fingerprint density at radius 3 is 2.67 bits per heavy atom. The van der Waals surface area contributed by atoms with Crippen LogP contribution >= 0.6 is 0 Å². The Kier molecular flexibility index (Phi) is 1.89. The van der Waals surface area contributed by atoms with Gasteiger partial charge in [-0.25, -0.2) is 9.97 Å². The summed E-state index contributed by atoms with van der Waals surface area (Å²) in [5.41, 5.74) is 0. The van der Waals surface area contributed by atoms with Gasteiger partial charge in [-0.2, -0.15) is 4.39 Å². The fourth-order valence-corrected chi connectivity index (χ4v) is 1.16. The van der Waals surface area contributed by atoms with Gasteiger partial charge in [-0.1, -0.05) is 0 Å². The zero-order chi connectivity index (χ0) is 8.39. The molecule has 0 atom stereocenters. The van der Waals surface area contributed by atoms with Crippen LogP contribution in [0.3, 0.4) is 0 Å². The Morgan fingerprint density at radius 2 is 2.08 bits per heavy atom. The smallest absolute Gasteiger partial charge is 0.255 e. The first-order chi connectivity index (χ1) is 5.86. The van der Waals surface area contributed by atoms with Gasteiger partial charge in [-0.3, -0.25) is 0 Å². The van der Waals surface area contributed by atoms with Crippen molar-refractivity contribution in [3.05, 3.63) is 18.3 Å². The molecule has 0 bridgehead atoms. The Balaban J connectivity index is 2.06. The molecule has 0 aromatic carbocycles. The van der Waals surface area contributed by atoms with Crippen molar-refractivity contribution >= 4 is 5.82 Å². The third kappa shape index (κ3) is 1.37. The third-order valence-electron chi connectivity index (χ3n) is 2.10. The highest BCUT2D eigenvalue weighted by molar-refractivity contribution is 5.33. The molecule has 1 aromatic rings. The number of hydrogen-bond acceptors (Lipinski definition) is 3. The zero-order valence-electron chi connectivity index (χ0n) is 6.63. The molecule has 1 fully saturated rings. The van der Waals surface area contributed by atoms with Crippen molar-refractivity contribution in [2.24, 2.45) is 0 Å². The minimum absolute atomic E-state index is 0.280. The molecule has 0 spiro atoms. The number of nitrogens with one attached hydrogen (secondary N) is 1. The van der Waals surface area contributed by atoms with Crippen molar-refractivity contribution in [1.82, 2.24) is 9.97 Å². The summed E-state index contributed by atoms with van der Waals surface area (Å²) in [6.07, 6.45) is 6.27. The molecule has 0 aliphatic heterocycles. The van der Waals surface area contributed by atoms with Crippen LogP contribution in [0.4, 0.5) is 10.2 Å². The number of hydrogen-bond donors (Lipinski definition) is 1. The summed E-state index contributed by atoms with van der Waals surface area (Å²) in [5.74, 6) is -0.230. The van der Waals surface area contributed by atoms with Gasteiger partial charge in [0.1, 0.15) is 0 Å². The van der Waals surface area contributed by atoms with Crippen LogP contribution in [-0.4, -0.2) is 16.0 Å². The van der Waals surface area contributed by atoms with E-state index < -0.39 is 5.95 Å². The van der Waals surface area contributed by atoms with Gasteiger partial charge < -0.3 is 5.32 Å². The molecular formula is C8H10FN3. The topological polar surface area (TPSA) is 37.8 Å². The summed E-state index contributed by atoms with van der Waals surface area (Å²) >= 11 is 0. The lowest BCUT2D eigenvalue weighted by Crippen LogP contribution is -2.28. The second-order valence-electron chi connectivity index (χ2n) is 2.97. The van der Waals surface area contributed by atoms with Crippen molar-refractivity contribution in [2.45, 2.75) is 25.3 Å². The van der Waals surface area contributed by atoms with E-state index in [2.05, 4.69) is 15.3 Å². The highest BCUT2D eigenvalue weighted by Gasteiger charge is 2.18. The minimum atomic E-state index is -0.510. The molecule has 1 aliphatic carbocycles. The van der Waals surface area contributed by atoms with Crippen LogP contribution < -0.4 is 5.32 Å². The predicted molar refractivity (Wildman–Crippen MR) is 43.3 cm³/mol. The highest BCUT2D eigenvalue weighted by atomic mass is 19.1. The highest BCUT2D eigenvalue weighted by Crippen LogP contribution is 2.22. The molecule has 4 heteroatoms. The Labute approximate surface area is 70.0 Å². The van der Waals surface area contributed by atoms with Crippen molar-refractivity contribution in [1.29, 1.82) is 0 Å². The van der Waals surface area contributed by atoms with E-state index in [9.17, 15) is 4.39 Å². The molecule has 2 rings (SSSR count). The fraction of sp³-hybridized carbons (Fsp3) is 0.500. The molecule has 3 nitrogen and oxygen atoms in total. The molecule has 1 aromatic heterocycles. The first-order valence-corrected chi connectivity index (χ1v) is 4.09. The fourth-order valence-electron chi connectivity index (χ4n) is 1.16. The van der Waals surface area contributed by atoms with E-state index in [1.165, 1.54) is 18.8 Å². The standard InChI is InChI=1S/C8H10FN3/c9-7-8(11-5-4-10-7)12-6-2-1-3-6/h4-6H,1-3H2,(H,11,12). The maximum Gasteiger partial charge on any atom is 0.255 e. The second-order valence-corrected chi connectivity index (χ2v) is 2.97. The molecule has 1 heterocycles. The number of aromatic nitrogens is 2. The first kappa shape index (κ1) is 7.46. The van der Waals surface area contributed by atoms with Gasteiger partial charge in [0, 0.05) is 18.4 Å². The SMILES string of the molecule is Fc1nccnc1NC1CCC1. The van der Waals surface area contributed by atoms with E-state index >= 15 is 0 Å². The van der Waals surface area contributed by atoms with E-state index in [1.807, 2.05) is 0 Å². The molecule has 64 valence electrons. The molecule has 1 aliphatic rings. The van der Waals surface area contributed by atoms with E-state index in [-0.39, 0.29) is 5.82 Å². The van der Waals surface area contributed by atoms with Crippen molar-refractivity contribution in [2.75, 3.05) is 5.32 Å². The first-order valence-electron chi connectivity index (χ1n) is 4.09. The van der Waals surface area contributed by atoms with Gasteiger partial charge in [-0.15, -0.1) is 0 Å². The molecule has 0 saturated heterocycles. The summed E-state index contributed by atoms with van der Waals surface area (Å²) in [6.45, 7) is 0. The van der Waals surface area contributed by atoms with E-state index in [1.54, 1.807) is 0 Å². The molecular weight excluding hydrogens is 157 g/mol. The Bertz CT molecular complexity index is 273. The lowest BCUT2D eigenvalue weighted by Gasteiger charge is -2.26. The second kappa shape index (κ2) is 3.05. The van der Waals surface area contributed by atoms with Crippen LogP contribution in [0.2, 0.25) is 0 Å². The van der Waals surface area contributed by atoms with Crippen LogP contribution in [0.5, 0.6) is 0 Å². The largest absolute Gasteiger partial charge is 0.364 e. The van der Waals surface area contributed by atoms with Crippen molar-refractivity contribution in [3.63, 3.8) is 0 Å². The van der Waals surface area contributed by atoms with E-state index in [0.29, 0.717) is 6.04 Å². The van der Waals surface area contributed by atoms with Crippen LogP contribution in [0.25, 0.3) is 0 Å². The van der Waals surface area contributed by atoms with E-state index in [0.717, 1.165) is 12.8 Å². The summed E-state index contributed by atoms with van der Waals surface area (Å²) in [4.78, 5) is 7.35. The van der Waals surface area contributed by atoms with Gasteiger partial charge in [0.05, 0.1) is 0 Å². The average Bonchev–Trinajstić information content (AvgIpc) is 2.00. The molecule has 12 heavy (non-hydrogen) atoms. The number of halogens is 1. The minimum Gasteiger partial charge on any atom is -0.364 e. The molecule has 0 radical (unpaired) electrons. The van der Waals surface area contributed by atoms with Gasteiger partial charge >= 0.3 is 0 Å². The number of anilines is 1. The number of rotatable bonds is 2. The van der Waals surface area contributed by atoms with Gasteiger partial charge in [-0.05, 0) is 19.3 Å². The third-order valence-corrected chi connectivity index (χ3v) is 2.10. The number of nitrogens with zero attached hydrogens (tertiary/aromatic N) is 2. The maximum atomic E-state index is 12.9. The summed E-state index contributed by atoms with van der Waals surface area (Å²) in [7, 11) is 0. The average molecular weight is 167 g/mol. The lowest BCUT2D eigenvalue weighted by molar-refractivity contribution is 0.440. The summed E-state index contributed by atoms with van der Waals surface area (Å²) < 4.78 is 12.9. The van der Waals surface area contributed by atoms with Gasteiger partial charge in [0.25, 0.3) is 5.95 Å². The van der Waals surface area contributed by atoms with Crippen LogP contribution in [0.1, 0.15) is 19.3 Å². The van der Waals surface area contributed by atoms with E-state index in [4.69, 9.17) is 0 Å². The quantitative estimate of drug-likeness (QED) is 0.726. The maximum absolute atomic E-state index is 12.9. The van der Waals surface area contributed by atoms with Gasteiger partial charge in [0.2, 0.25) is 0 Å². The van der Waals surface area contributed by atoms with Crippen LogP contribution in [0, 0.1) is 5.95 Å². The Hall–Kier alpha value is -1.19. The van der Waals surface area contributed by atoms with Gasteiger partial charge in [0.15, 0.2) is 5.82 Å². The van der Waals surface area contributed by atoms with Crippen molar-refractivity contribution < 1.29 is 4.39 Å². The zero-order valence-corrected chi connectivity index (χ0v) is 6.63. The monoisotopic (exact) mass is 167 g/mol. The molecule has 1 N–H and O–H groups in total. The molecule has 1 saturated carbocycles. The summed E-state index contributed by atoms with van der Waals surface area (Å²) in [5, 5.41) is 3.00.